The largest absolute Gasteiger partial charge is 0.744 e. The van der Waals surface area contributed by atoms with E-state index in [4.69, 9.17) is 0 Å². The lowest BCUT2D eigenvalue weighted by Gasteiger charge is -2.05. The summed E-state index contributed by atoms with van der Waals surface area (Å²) < 4.78 is 34.2. The second kappa shape index (κ2) is 7.78. The Balaban J connectivity index is 1.62. The van der Waals surface area contributed by atoms with Gasteiger partial charge in [-0.25, -0.2) is 13.4 Å². The van der Waals surface area contributed by atoms with Crippen LogP contribution >= 0.6 is 11.3 Å². The highest BCUT2D eigenvalue weighted by Gasteiger charge is 2.15. The predicted molar refractivity (Wildman–Crippen MR) is 111 cm³/mol. The number of azo groups is 1. The number of aryl methyl sites for hydroxylation is 1. The molecule has 4 aromatic rings. The molecule has 0 amide bonds. The molecule has 2 aromatic heterocycles. The van der Waals surface area contributed by atoms with Gasteiger partial charge in [-0.1, -0.05) is 30.3 Å². The Hall–Kier alpha value is -3.41. The molecule has 2 aromatic carbocycles. The highest BCUT2D eigenvalue weighted by Crippen LogP contribution is 2.25. The first-order chi connectivity index (χ1) is 14.3. The fourth-order valence-corrected chi connectivity index (χ4v) is 3.95. The van der Waals surface area contributed by atoms with Crippen LogP contribution in [-0.2, 0) is 10.1 Å². The normalized spacial score (nSPS) is 11.9. The minimum Gasteiger partial charge on any atom is -0.744 e. The maximum absolute atomic E-state index is 12.8. The molecular formula is C19H14N5O4S2-. The molecule has 0 saturated heterocycles. The summed E-state index contributed by atoms with van der Waals surface area (Å²) in [5.41, 5.74) is 2.19. The van der Waals surface area contributed by atoms with Gasteiger partial charge in [0.2, 0.25) is 5.13 Å². The number of nitrogens with zero attached hydrogens (tertiary/aromatic N) is 4. The van der Waals surface area contributed by atoms with Crippen molar-refractivity contribution in [2.24, 2.45) is 10.2 Å². The minimum absolute atomic E-state index is 0.104. The number of rotatable bonds is 5. The van der Waals surface area contributed by atoms with Crippen molar-refractivity contribution in [3.8, 4) is 16.4 Å². The number of benzene rings is 2. The van der Waals surface area contributed by atoms with Crippen molar-refractivity contribution in [1.29, 1.82) is 0 Å². The van der Waals surface area contributed by atoms with E-state index in [1.807, 2.05) is 35.7 Å². The second-order valence-electron chi connectivity index (χ2n) is 6.26. The number of thiazole rings is 1. The van der Waals surface area contributed by atoms with E-state index in [0.29, 0.717) is 16.5 Å². The van der Waals surface area contributed by atoms with Gasteiger partial charge in [0.1, 0.15) is 10.1 Å². The van der Waals surface area contributed by atoms with Crippen LogP contribution < -0.4 is 5.56 Å². The number of aromatic nitrogens is 3. The van der Waals surface area contributed by atoms with Crippen LogP contribution in [-0.4, -0.2) is 27.7 Å². The summed E-state index contributed by atoms with van der Waals surface area (Å²) >= 11 is 1.31. The molecule has 30 heavy (non-hydrogen) atoms. The second-order valence-corrected chi connectivity index (χ2v) is 8.47. The smallest absolute Gasteiger partial charge is 0.301 e. The number of nitrogens with one attached hydrogen (secondary N) is 1. The number of hydrogen-bond acceptors (Lipinski definition) is 8. The van der Waals surface area contributed by atoms with E-state index in [2.05, 4.69) is 20.3 Å². The van der Waals surface area contributed by atoms with E-state index < -0.39 is 15.7 Å². The van der Waals surface area contributed by atoms with Gasteiger partial charge in [-0.15, -0.1) is 16.5 Å². The Morgan fingerprint density at radius 3 is 2.43 bits per heavy atom. The first-order valence-corrected chi connectivity index (χ1v) is 10.9. The van der Waals surface area contributed by atoms with E-state index in [1.54, 1.807) is 6.92 Å². The molecule has 0 aliphatic rings. The molecule has 0 saturated carbocycles. The van der Waals surface area contributed by atoms with Crippen LogP contribution in [0.1, 0.15) is 5.69 Å². The van der Waals surface area contributed by atoms with E-state index in [9.17, 15) is 17.8 Å². The zero-order valence-corrected chi connectivity index (χ0v) is 17.1. The van der Waals surface area contributed by atoms with E-state index >= 15 is 0 Å². The van der Waals surface area contributed by atoms with Gasteiger partial charge in [0.25, 0.3) is 0 Å². The highest BCUT2D eigenvalue weighted by molar-refractivity contribution is 7.85. The highest BCUT2D eigenvalue weighted by atomic mass is 32.2. The molecule has 0 aliphatic heterocycles. The molecule has 0 unspecified atom stereocenters. The van der Waals surface area contributed by atoms with Crippen LogP contribution in [0.15, 0.2) is 79.9 Å². The molecule has 2 heterocycles. The van der Waals surface area contributed by atoms with Crippen LogP contribution in [0.3, 0.4) is 0 Å². The number of H-pyrrole nitrogens is 1. The zero-order valence-electron chi connectivity index (χ0n) is 15.5. The quantitative estimate of drug-likeness (QED) is 0.371. The van der Waals surface area contributed by atoms with Gasteiger partial charge in [0.05, 0.1) is 22.0 Å². The van der Waals surface area contributed by atoms with Gasteiger partial charge in [-0.3, -0.25) is 9.89 Å². The van der Waals surface area contributed by atoms with Crippen LogP contribution in [0.4, 0.5) is 11.4 Å². The Morgan fingerprint density at radius 2 is 1.77 bits per heavy atom. The Labute approximate surface area is 175 Å². The topological polar surface area (TPSA) is 133 Å². The molecule has 0 fully saturated rings. The first kappa shape index (κ1) is 19.9. The van der Waals surface area contributed by atoms with Gasteiger partial charge in [-0.05, 0) is 31.2 Å². The predicted octanol–water partition coefficient (Wildman–Crippen LogP) is 3.92. The average Bonchev–Trinajstić information content (AvgIpc) is 3.32. The summed E-state index contributed by atoms with van der Waals surface area (Å²) in [6, 6.07) is 14.6. The van der Waals surface area contributed by atoms with Gasteiger partial charge in [0, 0.05) is 10.9 Å². The average molecular weight is 440 g/mol. The van der Waals surface area contributed by atoms with Crippen molar-refractivity contribution < 1.29 is 13.0 Å². The molecule has 0 radical (unpaired) electrons. The lowest BCUT2D eigenvalue weighted by molar-refractivity contribution is 0.463. The summed E-state index contributed by atoms with van der Waals surface area (Å²) in [5, 5.41) is 13.2. The third-order valence-corrected chi connectivity index (χ3v) is 5.86. The van der Waals surface area contributed by atoms with Gasteiger partial charge < -0.3 is 4.55 Å². The lowest BCUT2D eigenvalue weighted by atomic mass is 10.2. The van der Waals surface area contributed by atoms with Gasteiger partial charge >= 0.3 is 5.56 Å². The third kappa shape index (κ3) is 3.99. The number of hydrogen-bond donors (Lipinski definition) is 1. The fourth-order valence-electron chi connectivity index (χ4n) is 2.69. The van der Waals surface area contributed by atoms with Crippen molar-refractivity contribution in [1.82, 2.24) is 14.8 Å². The lowest BCUT2D eigenvalue weighted by Crippen LogP contribution is -2.13. The third-order valence-electron chi connectivity index (χ3n) is 4.18. The summed E-state index contributed by atoms with van der Waals surface area (Å²) in [5.74, 6) is 0. The SMILES string of the molecule is Cc1[nH]n(-c2nc(-c3ccccc3)cs2)c(=O)c1N=Nc1ccc(S(=O)(=O)[O-])cc1. The standard InChI is InChI=1S/C19H15N5O4S2/c1-12-17(22-21-14-7-9-15(10-8-14)30(26,27)28)18(25)24(23-12)19-20-16(11-29-19)13-5-3-2-4-6-13/h2-11,23H,1H3,(H,26,27,28)/p-1. The Bertz CT molecular complexity index is 1380. The number of aromatic amines is 1. The molecule has 4 rings (SSSR count). The monoisotopic (exact) mass is 440 g/mol. The molecule has 0 atom stereocenters. The summed E-state index contributed by atoms with van der Waals surface area (Å²) in [4.78, 5) is 16.9. The van der Waals surface area contributed by atoms with Crippen LogP contribution in [0, 0.1) is 6.92 Å². The summed E-state index contributed by atoms with van der Waals surface area (Å²) in [6.07, 6.45) is 0. The first-order valence-electron chi connectivity index (χ1n) is 8.63. The minimum atomic E-state index is -4.53. The Kier molecular flexibility index (Phi) is 5.16. The molecule has 152 valence electrons. The maximum Gasteiger partial charge on any atom is 0.301 e. The molecule has 0 bridgehead atoms. The molecule has 1 N–H and O–H groups in total. The van der Waals surface area contributed by atoms with Crippen molar-refractivity contribution in [3.05, 3.63) is 76.0 Å². The molecule has 11 heteroatoms. The molecule has 0 spiro atoms. The molecule has 0 aliphatic carbocycles. The van der Waals surface area contributed by atoms with Gasteiger partial charge in [0.15, 0.2) is 5.69 Å². The van der Waals surface area contributed by atoms with Crippen molar-refractivity contribution in [3.63, 3.8) is 0 Å². The molecular weight excluding hydrogens is 426 g/mol. The van der Waals surface area contributed by atoms with E-state index in [-0.39, 0.29) is 10.6 Å². The van der Waals surface area contributed by atoms with Crippen LogP contribution in [0.2, 0.25) is 0 Å². The fraction of sp³-hybridized carbons (Fsp3) is 0.0526. The van der Waals surface area contributed by atoms with Crippen molar-refractivity contribution in [2.45, 2.75) is 11.8 Å². The summed E-state index contributed by atoms with van der Waals surface area (Å²) in [6.45, 7) is 1.69. The van der Waals surface area contributed by atoms with Crippen LogP contribution in [0.25, 0.3) is 16.4 Å². The van der Waals surface area contributed by atoms with Crippen LogP contribution in [0.5, 0.6) is 0 Å². The zero-order chi connectivity index (χ0) is 21.3. The van der Waals surface area contributed by atoms with Gasteiger partial charge in [-0.2, -0.15) is 9.80 Å². The van der Waals surface area contributed by atoms with Crippen molar-refractivity contribution >= 4 is 32.8 Å². The van der Waals surface area contributed by atoms with Crippen molar-refractivity contribution in [2.75, 3.05) is 0 Å². The Morgan fingerprint density at radius 1 is 1.07 bits per heavy atom. The van der Waals surface area contributed by atoms with E-state index in [0.717, 1.165) is 23.4 Å². The van der Waals surface area contributed by atoms with E-state index in [1.165, 1.54) is 28.2 Å². The molecule has 9 nitrogen and oxygen atoms in total. The summed E-state index contributed by atoms with van der Waals surface area (Å²) in [7, 11) is -4.53. The maximum atomic E-state index is 12.8.